The van der Waals surface area contributed by atoms with Crippen LogP contribution in [0, 0.1) is 0 Å². The second kappa shape index (κ2) is 3.92. The topological polar surface area (TPSA) is 21.3 Å². The van der Waals surface area contributed by atoms with Crippen molar-refractivity contribution < 1.29 is 13.5 Å². The van der Waals surface area contributed by atoms with Crippen LogP contribution in [0.25, 0.3) is 0 Å². The van der Waals surface area contributed by atoms with Gasteiger partial charge in [-0.3, -0.25) is 0 Å². The van der Waals surface area contributed by atoms with Gasteiger partial charge in [0.1, 0.15) is 5.75 Å². The molecule has 1 N–H and O–H groups in total. The van der Waals surface area contributed by atoms with Gasteiger partial charge in [0.25, 0.3) is 0 Å². The Morgan fingerprint density at radius 3 is 3.00 bits per heavy atom. The Morgan fingerprint density at radius 2 is 2.21 bits per heavy atom. The lowest BCUT2D eigenvalue weighted by Gasteiger charge is -2.19. The maximum absolute atomic E-state index is 12.0. The molecule has 1 heterocycles. The summed E-state index contributed by atoms with van der Waals surface area (Å²) in [6.07, 6.45) is 0.871. The zero-order valence-electron chi connectivity index (χ0n) is 7.59. The van der Waals surface area contributed by atoms with Crippen LogP contribution in [0.1, 0.15) is 11.1 Å². The number of hydrogen-bond donors (Lipinski definition) is 1. The molecule has 0 amide bonds. The van der Waals surface area contributed by atoms with Crippen molar-refractivity contribution in [1.82, 2.24) is 5.32 Å². The molecule has 76 valence electrons. The normalized spacial score (nSPS) is 15.4. The van der Waals surface area contributed by atoms with Crippen molar-refractivity contribution in [1.29, 1.82) is 0 Å². The van der Waals surface area contributed by atoms with Crippen molar-refractivity contribution in [3.05, 3.63) is 29.3 Å². The maximum Gasteiger partial charge on any atom is 0.387 e. The van der Waals surface area contributed by atoms with Crippen molar-refractivity contribution in [2.24, 2.45) is 0 Å². The van der Waals surface area contributed by atoms with Crippen LogP contribution >= 0.6 is 0 Å². The lowest BCUT2D eigenvalue weighted by atomic mass is 10.0. The maximum atomic E-state index is 12.0. The van der Waals surface area contributed by atoms with Crippen LogP contribution in [0.3, 0.4) is 0 Å². The van der Waals surface area contributed by atoms with E-state index in [9.17, 15) is 8.78 Å². The van der Waals surface area contributed by atoms with E-state index in [0.717, 1.165) is 24.1 Å². The van der Waals surface area contributed by atoms with Crippen molar-refractivity contribution in [3.8, 4) is 5.75 Å². The molecule has 0 saturated carbocycles. The first-order valence-corrected chi connectivity index (χ1v) is 4.53. The highest BCUT2D eigenvalue weighted by molar-refractivity contribution is 5.41. The summed E-state index contributed by atoms with van der Waals surface area (Å²) in [4.78, 5) is 0. The average Bonchev–Trinajstić information content (AvgIpc) is 2.18. The number of rotatable bonds is 2. The Kier molecular flexibility index (Phi) is 2.63. The molecule has 1 aromatic rings. The van der Waals surface area contributed by atoms with Crippen molar-refractivity contribution in [2.45, 2.75) is 19.6 Å². The summed E-state index contributed by atoms with van der Waals surface area (Å²) in [5.74, 6) is 0.296. The number of alkyl halides is 2. The van der Waals surface area contributed by atoms with Crippen molar-refractivity contribution >= 4 is 0 Å². The molecule has 4 heteroatoms. The van der Waals surface area contributed by atoms with Gasteiger partial charge in [-0.2, -0.15) is 8.78 Å². The number of fused-ring (bicyclic) bond motifs is 1. The molecule has 1 aliphatic heterocycles. The van der Waals surface area contributed by atoms with Crippen LogP contribution in [0.2, 0.25) is 0 Å². The number of hydrogen-bond acceptors (Lipinski definition) is 2. The van der Waals surface area contributed by atoms with Crippen LogP contribution < -0.4 is 10.1 Å². The van der Waals surface area contributed by atoms with E-state index in [2.05, 4.69) is 10.1 Å². The second-order valence-electron chi connectivity index (χ2n) is 3.20. The highest BCUT2D eigenvalue weighted by Crippen LogP contribution is 2.26. The molecule has 0 saturated heterocycles. The lowest BCUT2D eigenvalue weighted by molar-refractivity contribution is -0.0505. The van der Waals surface area contributed by atoms with Gasteiger partial charge in [-0.05, 0) is 24.6 Å². The first-order valence-electron chi connectivity index (χ1n) is 4.53. The molecule has 0 unspecified atom stereocenters. The molecular formula is C10H11F2NO. The summed E-state index contributed by atoms with van der Waals surface area (Å²) >= 11 is 0. The molecule has 2 nitrogen and oxygen atoms in total. The van der Waals surface area contributed by atoms with Gasteiger partial charge in [-0.25, -0.2) is 0 Å². The number of nitrogens with one attached hydrogen (secondary N) is 1. The summed E-state index contributed by atoms with van der Waals surface area (Å²) in [7, 11) is 0. The molecule has 0 bridgehead atoms. The van der Waals surface area contributed by atoms with E-state index in [1.165, 1.54) is 0 Å². The SMILES string of the molecule is FC(F)Oc1cccc2c1CNCC2. The molecule has 0 aromatic heterocycles. The van der Waals surface area contributed by atoms with Gasteiger partial charge in [0, 0.05) is 12.1 Å². The Labute approximate surface area is 80.9 Å². The van der Waals surface area contributed by atoms with E-state index in [1.54, 1.807) is 12.1 Å². The van der Waals surface area contributed by atoms with E-state index >= 15 is 0 Å². The standard InChI is InChI=1S/C10H11F2NO/c11-10(12)14-9-3-1-2-7-4-5-13-6-8(7)9/h1-3,10,13H,4-6H2. The van der Waals surface area contributed by atoms with Gasteiger partial charge < -0.3 is 10.1 Å². The molecule has 14 heavy (non-hydrogen) atoms. The van der Waals surface area contributed by atoms with Gasteiger partial charge >= 0.3 is 6.61 Å². The van der Waals surface area contributed by atoms with E-state index in [4.69, 9.17) is 0 Å². The Hall–Kier alpha value is -1.16. The zero-order chi connectivity index (χ0) is 9.97. The Bertz CT molecular complexity index is 328. The lowest BCUT2D eigenvalue weighted by Crippen LogP contribution is -2.24. The summed E-state index contributed by atoms with van der Waals surface area (Å²) in [6, 6.07) is 5.29. The highest BCUT2D eigenvalue weighted by Gasteiger charge is 2.15. The van der Waals surface area contributed by atoms with Crippen molar-refractivity contribution in [3.63, 3.8) is 0 Å². The molecule has 0 aliphatic carbocycles. The number of benzene rings is 1. The average molecular weight is 199 g/mol. The van der Waals surface area contributed by atoms with E-state index in [1.807, 2.05) is 6.07 Å². The fraction of sp³-hybridized carbons (Fsp3) is 0.400. The van der Waals surface area contributed by atoms with Crippen molar-refractivity contribution in [2.75, 3.05) is 6.54 Å². The minimum atomic E-state index is -2.75. The van der Waals surface area contributed by atoms with E-state index < -0.39 is 6.61 Å². The summed E-state index contributed by atoms with van der Waals surface area (Å²) in [6.45, 7) is -1.24. The first-order chi connectivity index (χ1) is 6.77. The van der Waals surface area contributed by atoms with Crippen LogP contribution in [-0.4, -0.2) is 13.2 Å². The molecule has 1 aliphatic rings. The molecule has 2 rings (SSSR count). The summed E-state index contributed by atoms with van der Waals surface area (Å²) in [5.41, 5.74) is 1.96. The Balaban J connectivity index is 2.30. The van der Waals surface area contributed by atoms with Gasteiger partial charge in [0.05, 0.1) is 0 Å². The third-order valence-corrected chi connectivity index (χ3v) is 2.32. The predicted octanol–water partition coefficient (Wildman–Crippen LogP) is 1.93. The van der Waals surface area contributed by atoms with Gasteiger partial charge in [-0.1, -0.05) is 12.1 Å². The van der Waals surface area contributed by atoms with E-state index in [-0.39, 0.29) is 0 Å². The molecule has 0 spiro atoms. The predicted molar refractivity (Wildman–Crippen MR) is 48.5 cm³/mol. The fourth-order valence-electron chi connectivity index (χ4n) is 1.69. The zero-order valence-corrected chi connectivity index (χ0v) is 7.59. The van der Waals surface area contributed by atoms with Crippen LogP contribution in [0.4, 0.5) is 8.78 Å². The summed E-state index contributed by atoms with van der Waals surface area (Å²) in [5, 5.41) is 3.13. The van der Waals surface area contributed by atoms with Gasteiger partial charge in [-0.15, -0.1) is 0 Å². The Morgan fingerprint density at radius 1 is 1.36 bits per heavy atom. The molecule has 0 radical (unpaired) electrons. The third kappa shape index (κ3) is 1.85. The molecular weight excluding hydrogens is 188 g/mol. The molecule has 0 fully saturated rings. The van der Waals surface area contributed by atoms with Gasteiger partial charge in [0.15, 0.2) is 0 Å². The minimum Gasteiger partial charge on any atom is -0.434 e. The fourth-order valence-corrected chi connectivity index (χ4v) is 1.69. The quantitative estimate of drug-likeness (QED) is 0.785. The third-order valence-electron chi connectivity index (χ3n) is 2.32. The van der Waals surface area contributed by atoms with Crippen LogP contribution in [0.5, 0.6) is 5.75 Å². The van der Waals surface area contributed by atoms with Crippen LogP contribution in [-0.2, 0) is 13.0 Å². The van der Waals surface area contributed by atoms with Crippen LogP contribution in [0.15, 0.2) is 18.2 Å². The highest BCUT2D eigenvalue weighted by atomic mass is 19.3. The largest absolute Gasteiger partial charge is 0.434 e. The number of ether oxygens (including phenoxy) is 1. The summed E-state index contributed by atoms with van der Waals surface area (Å²) < 4.78 is 28.5. The smallest absolute Gasteiger partial charge is 0.387 e. The minimum absolute atomic E-state index is 0.296. The first kappa shape index (κ1) is 9.40. The molecule has 1 aromatic carbocycles. The second-order valence-corrected chi connectivity index (χ2v) is 3.20. The van der Waals surface area contributed by atoms with Gasteiger partial charge in [0.2, 0.25) is 0 Å². The number of halogens is 2. The van der Waals surface area contributed by atoms with E-state index in [0.29, 0.717) is 12.3 Å². The molecule has 0 atom stereocenters. The monoisotopic (exact) mass is 199 g/mol.